The van der Waals surface area contributed by atoms with Crippen LogP contribution in [0.5, 0.6) is 5.75 Å². The maximum atomic E-state index is 11.6. The lowest BCUT2D eigenvalue weighted by Crippen LogP contribution is -2.24. The summed E-state index contributed by atoms with van der Waals surface area (Å²) in [6, 6.07) is 7.58. The van der Waals surface area contributed by atoms with Gasteiger partial charge in [-0.25, -0.2) is 4.98 Å². The van der Waals surface area contributed by atoms with Crippen molar-refractivity contribution in [1.82, 2.24) is 10.3 Å². The maximum absolute atomic E-state index is 11.6. The first-order chi connectivity index (χ1) is 11.2. The molecule has 1 N–H and O–H groups in total. The summed E-state index contributed by atoms with van der Waals surface area (Å²) in [5, 5.41) is 5.75. The lowest BCUT2D eigenvalue weighted by Gasteiger charge is -2.05. The van der Waals surface area contributed by atoms with Gasteiger partial charge < -0.3 is 14.8 Å². The summed E-state index contributed by atoms with van der Waals surface area (Å²) in [7, 11) is 1.60. The molecule has 1 heterocycles. The second-order valence-electron chi connectivity index (χ2n) is 4.84. The van der Waals surface area contributed by atoms with E-state index in [2.05, 4.69) is 10.3 Å². The maximum Gasteiger partial charge on any atom is 0.244 e. The molecule has 1 aromatic carbocycles. The summed E-state index contributed by atoms with van der Waals surface area (Å²) in [4.78, 5) is 16.0. The van der Waals surface area contributed by atoms with Gasteiger partial charge in [0, 0.05) is 25.1 Å². The molecule has 0 aliphatic heterocycles. The molecule has 5 nitrogen and oxygen atoms in total. The molecule has 6 heteroatoms. The Bertz CT molecular complexity index is 667. The fourth-order valence-electron chi connectivity index (χ4n) is 1.85. The molecule has 0 saturated heterocycles. The summed E-state index contributed by atoms with van der Waals surface area (Å²) in [6.45, 7) is 3.40. The largest absolute Gasteiger partial charge is 0.487 e. The molecule has 0 fully saturated rings. The van der Waals surface area contributed by atoms with Crippen LogP contribution in [0.25, 0.3) is 6.08 Å². The zero-order chi connectivity index (χ0) is 16.5. The molecule has 0 saturated carbocycles. The van der Waals surface area contributed by atoms with Gasteiger partial charge in [0.2, 0.25) is 5.91 Å². The first-order valence-corrected chi connectivity index (χ1v) is 8.14. The van der Waals surface area contributed by atoms with Crippen molar-refractivity contribution in [2.24, 2.45) is 0 Å². The van der Waals surface area contributed by atoms with Gasteiger partial charge in [0.1, 0.15) is 12.4 Å². The molecule has 0 spiro atoms. The van der Waals surface area contributed by atoms with Crippen molar-refractivity contribution in [1.29, 1.82) is 0 Å². The Morgan fingerprint density at radius 3 is 3.04 bits per heavy atom. The van der Waals surface area contributed by atoms with E-state index in [1.807, 2.05) is 36.6 Å². The predicted octanol–water partition coefficient (Wildman–Crippen LogP) is 2.81. The van der Waals surface area contributed by atoms with Gasteiger partial charge in [0.25, 0.3) is 0 Å². The molecule has 0 radical (unpaired) electrons. The quantitative estimate of drug-likeness (QED) is 0.596. The van der Waals surface area contributed by atoms with Crippen LogP contribution in [0.15, 0.2) is 35.7 Å². The van der Waals surface area contributed by atoms with Crippen molar-refractivity contribution in [2.45, 2.75) is 13.5 Å². The lowest BCUT2D eigenvalue weighted by molar-refractivity contribution is -0.116. The van der Waals surface area contributed by atoms with Crippen LogP contribution >= 0.6 is 11.3 Å². The van der Waals surface area contributed by atoms with E-state index in [1.54, 1.807) is 24.5 Å². The zero-order valence-corrected chi connectivity index (χ0v) is 14.1. The Kier molecular flexibility index (Phi) is 6.77. The lowest BCUT2D eigenvalue weighted by atomic mass is 10.2. The molecule has 2 rings (SSSR count). The molecule has 0 aliphatic carbocycles. The molecule has 0 unspecified atom stereocenters. The SMILES string of the molecule is COCCNC(=O)/C=C/c1cccc(OCc2csc(C)n2)c1. The first kappa shape index (κ1) is 17.2. The Hall–Kier alpha value is -2.18. The number of hydrogen-bond acceptors (Lipinski definition) is 5. The molecule has 1 aromatic heterocycles. The van der Waals surface area contributed by atoms with Crippen LogP contribution in [0.1, 0.15) is 16.3 Å². The number of amides is 1. The molecule has 0 aliphatic rings. The number of nitrogens with zero attached hydrogens (tertiary/aromatic N) is 1. The fourth-order valence-corrected chi connectivity index (χ4v) is 2.44. The molecule has 2 aromatic rings. The van der Waals surface area contributed by atoms with Crippen LogP contribution in [0.4, 0.5) is 0 Å². The highest BCUT2D eigenvalue weighted by Gasteiger charge is 2.01. The number of ether oxygens (including phenoxy) is 2. The van der Waals surface area contributed by atoms with Crippen molar-refractivity contribution in [3.63, 3.8) is 0 Å². The first-order valence-electron chi connectivity index (χ1n) is 7.26. The third kappa shape index (κ3) is 6.22. The number of thiazole rings is 1. The number of rotatable bonds is 8. The van der Waals surface area contributed by atoms with Crippen molar-refractivity contribution >= 4 is 23.3 Å². The van der Waals surface area contributed by atoms with E-state index < -0.39 is 0 Å². The van der Waals surface area contributed by atoms with Gasteiger partial charge in [-0.1, -0.05) is 12.1 Å². The minimum atomic E-state index is -0.147. The molecule has 0 atom stereocenters. The second-order valence-corrected chi connectivity index (χ2v) is 5.90. The average Bonchev–Trinajstić information content (AvgIpc) is 2.97. The van der Waals surface area contributed by atoms with Crippen molar-refractivity contribution < 1.29 is 14.3 Å². The third-order valence-electron chi connectivity index (χ3n) is 2.94. The number of aromatic nitrogens is 1. The van der Waals surface area contributed by atoms with Gasteiger partial charge in [0.05, 0.1) is 17.3 Å². The summed E-state index contributed by atoms with van der Waals surface area (Å²) in [5.41, 5.74) is 1.82. The Morgan fingerprint density at radius 2 is 2.30 bits per heavy atom. The van der Waals surface area contributed by atoms with Gasteiger partial charge in [-0.3, -0.25) is 4.79 Å². The van der Waals surface area contributed by atoms with Gasteiger partial charge in [-0.2, -0.15) is 0 Å². The highest BCUT2D eigenvalue weighted by atomic mass is 32.1. The van der Waals surface area contributed by atoms with Crippen molar-refractivity contribution in [3.8, 4) is 5.75 Å². The summed E-state index contributed by atoms with van der Waals surface area (Å²) in [6.07, 6.45) is 3.25. The Balaban J connectivity index is 1.87. The molecule has 122 valence electrons. The number of carbonyl (C=O) groups excluding carboxylic acids is 1. The number of nitrogens with one attached hydrogen (secondary N) is 1. The van der Waals surface area contributed by atoms with Crippen LogP contribution in [0.3, 0.4) is 0 Å². The van der Waals surface area contributed by atoms with E-state index in [0.717, 1.165) is 22.0 Å². The standard InChI is InChI=1S/C17H20N2O3S/c1-13-19-15(12-23-13)11-22-16-5-3-4-14(10-16)6-7-17(20)18-8-9-21-2/h3-7,10,12H,8-9,11H2,1-2H3,(H,18,20)/b7-6+. The number of hydrogen-bond donors (Lipinski definition) is 1. The average molecular weight is 332 g/mol. The normalized spacial score (nSPS) is 10.9. The molecule has 23 heavy (non-hydrogen) atoms. The number of benzene rings is 1. The monoisotopic (exact) mass is 332 g/mol. The minimum Gasteiger partial charge on any atom is -0.487 e. The molecular formula is C17H20N2O3S. The number of methoxy groups -OCH3 is 1. The zero-order valence-electron chi connectivity index (χ0n) is 13.2. The molecule has 1 amide bonds. The number of aryl methyl sites for hydroxylation is 1. The molecular weight excluding hydrogens is 312 g/mol. The second kappa shape index (κ2) is 9.07. The third-order valence-corrected chi connectivity index (χ3v) is 3.77. The van der Waals surface area contributed by atoms with E-state index in [0.29, 0.717) is 19.8 Å². The van der Waals surface area contributed by atoms with E-state index >= 15 is 0 Å². The van der Waals surface area contributed by atoms with E-state index in [9.17, 15) is 4.79 Å². The summed E-state index contributed by atoms with van der Waals surface area (Å²) < 4.78 is 10.6. The summed E-state index contributed by atoms with van der Waals surface area (Å²) in [5.74, 6) is 0.601. The number of carbonyl (C=O) groups is 1. The Labute approximate surface area is 140 Å². The van der Waals surface area contributed by atoms with Crippen LogP contribution in [-0.2, 0) is 16.1 Å². The highest BCUT2D eigenvalue weighted by Crippen LogP contribution is 2.17. The predicted molar refractivity (Wildman–Crippen MR) is 91.5 cm³/mol. The van der Waals surface area contributed by atoms with Crippen molar-refractivity contribution in [3.05, 3.63) is 52.0 Å². The highest BCUT2D eigenvalue weighted by molar-refractivity contribution is 7.09. The van der Waals surface area contributed by atoms with Crippen LogP contribution in [0, 0.1) is 6.92 Å². The molecule has 0 bridgehead atoms. The van der Waals surface area contributed by atoms with E-state index in [4.69, 9.17) is 9.47 Å². The van der Waals surface area contributed by atoms with Gasteiger partial charge in [-0.05, 0) is 30.7 Å². The van der Waals surface area contributed by atoms with Gasteiger partial charge in [0.15, 0.2) is 0 Å². The van der Waals surface area contributed by atoms with Crippen LogP contribution < -0.4 is 10.1 Å². The van der Waals surface area contributed by atoms with E-state index in [1.165, 1.54) is 6.08 Å². The summed E-state index contributed by atoms with van der Waals surface area (Å²) >= 11 is 1.61. The minimum absolute atomic E-state index is 0.147. The smallest absolute Gasteiger partial charge is 0.244 e. The van der Waals surface area contributed by atoms with Crippen LogP contribution in [0.2, 0.25) is 0 Å². The topological polar surface area (TPSA) is 60.5 Å². The van der Waals surface area contributed by atoms with E-state index in [-0.39, 0.29) is 5.91 Å². The van der Waals surface area contributed by atoms with Gasteiger partial charge >= 0.3 is 0 Å². The van der Waals surface area contributed by atoms with Crippen molar-refractivity contribution in [2.75, 3.05) is 20.3 Å². The fraction of sp³-hybridized carbons (Fsp3) is 0.294. The van der Waals surface area contributed by atoms with Crippen LogP contribution in [-0.4, -0.2) is 31.2 Å². The van der Waals surface area contributed by atoms with Gasteiger partial charge in [-0.15, -0.1) is 11.3 Å². The Morgan fingerprint density at radius 1 is 1.43 bits per heavy atom.